The third-order valence-corrected chi connectivity index (χ3v) is 4.13. The lowest BCUT2D eigenvalue weighted by Gasteiger charge is -2.30. The third-order valence-electron chi connectivity index (χ3n) is 4.13. The van der Waals surface area contributed by atoms with Crippen LogP contribution in [0.5, 0.6) is 0 Å². The van der Waals surface area contributed by atoms with Crippen molar-refractivity contribution in [1.82, 2.24) is 29.6 Å². The summed E-state index contributed by atoms with van der Waals surface area (Å²) in [6, 6.07) is 6.21. The number of piperazine rings is 1. The van der Waals surface area contributed by atoms with Crippen LogP contribution in [0.1, 0.15) is 0 Å². The summed E-state index contributed by atoms with van der Waals surface area (Å²) in [6.07, 6.45) is 1.78. The van der Waals surface area contributed by atoms with Crippen molar-refractivity contribution < 1.29 is 9.34 Å². The molecule has 1 saturated heterocycles. The summed E-state index contributed by atoms with van der Waals surface area (Å²) < 4.78 is 6.65. The van der Waals surface area contributed by atoms with E-state index in [9.17, 15) is 10.1 Å². The number of hydrogen-bond acceptors (Lipinski definition) is 8. The molecule has 26 heavy (non-hydrogen) atoms. The van der Waals surface area contributed by atoms with Crippen LogP contribution in [0.4, 0.5) is 11.7 Å². The van der Waals surface area contributed by atoms with Gasteiger partial charge in [-0.2, -0.15) is 4.52 Å². The molecule has 4 rings (SSSR count). The first kappa shape index (κ1) is 16.1. The molecule has 0 aliphatic carbocycles. The highest BCUT2D eigenvalue weighted by Gasteiger charge is 2.18. The second-order valence-corrected chi connectivity index (χ2v) is 5.96. The van der Waals surface area contributed by atoms with Crippen molar-refractivity contribution in [3.8, 4) is 11.6 Å². The van der Waals surface area contributed by atoms with Gasteiger partial charge >= 0.3 is 5.88 Å². The maximum Gasteiger partial charge on any atom is 0.433 e. The van der Waals surface area contributed by atoms with Gasteiger partial charge in [-0.05, 0) is 25.2 Å². The number of nitro groups is 1. The Labute approximate surface area is 147 Å². The number of aromatic nitrogens is 4. The Hall–Kier alpha value is -3.34. The van der Waals surface area contributed by atoms with E-state index in [1.807, 2.05) is 0 Å². The molecule has 11 nitrogen and oxygen atoms in total. The maximum atomic E-state index is 10.8. The number of hydrogen-bond donors (Lipinski definition) is 0. The van der Waals surface area contributed by atoms with E-state index in [2.05, 4.69) is 37.1 Å². The minimum absolute atomic E-state index is 0.219. The van der Waals surface area contributed by atoms with Crippen LogP contribution in [0.3, 0.4) is 0 Å². The largest absolute Gasteiger partial charge is 0.433 e. The van der Waals surface area contributed by atoms with Gasteiger partial charge in [0.15, 0.2) is 17.2 Å². The standard InChI is InChI=1S/C15H16N8O3/c1-20-6-8-21(9-7-20)10-16-12-3-4-13-17-18-15(22(13)19-12)11-2-5-14(26-11)23(24)25/h2-5,10H,6-9H2,1H3. The summed E-state index contributed by atoms with van der Waals surface area (Å²) in [6.45, 7) is 3.81. The highest BCUT2D eigenvalue weighted by Crippen LogP contribution is 2.25. The summed E-state index contributed by atoms with van der Waals surface area (Å²) in [5.41, 5.74) is 0.498. The second-order valence-electron chi connectivity index (χ2n) is 5.96. The molecule has 4 heterocycles. The van der Waals surface area contributed by atoms with Gasteiger partial charge < -0.3 is 14.2 Å². The van der Waals surface area contributed by atoms with E-state index >= 15 is 0 Å². The quantitative estimate of drug-likeness (QED) is 0.296. The van der Waals surface area contributed by atoms with Crippen LogP contribution in [-0.2, 0) is 0 Å². The summed E-state index contributed by atoms with van der Waals surface area (Å²) in [5, 5.41) is 23.2. The molecule has 0 unspecified atom stereocenters. The average molecular weight is 356 g/mol. The first-order valence-corrected chi connectivity index (χ1v) is 8.04. The molecule has 3 aromatic heterocycles. The van der Waals surface area contributed by atoms with Crippen LogP contribution in [-0.4, -0.2) is 74.1 Å². The molecule has 0 spiro atoms. The Balaban J connectivity index is 1.61. The molecule has 134 valence electrons. The van der Waals surface area contributed by atoms with Crippen molar-refractivity contribution in [3.63, 3.8) is 0 Å². The van der Waals surface area contributed by atoms with Crippen LogP contribution >= 0.6 is 0 Å². The van der Waals surface area contributed by atoms with Gasteiger partial charge in [0.25, 0.3) is 0 Å². The Morgan fingerprint density at radius 2 is 2.00 bits per heavy atom. The van der Waals surface area contributed by atoms with E-state index in [4.69, 9.17) is 4.42 Å². The van der Waals surface area contributed by atoms with E-state index in [0.29, 0.717) is 11.5 Å². The van der Waals surface area contributed by atoms with E-state index in [1.165, 1.54) is 16.6 Å². The van der Waals surface area contributed by atoms with Gasteiger partial charge in [0.1, 0.15) is 4.92 Å². The van der Waals surface area contributed by atoms with Crippen LogP contribution in [0.2, 0.25) is 0 Å². The monoisotopic (exact) mass is 356 g/mol. The van der Waals surface area contributed by atoms with Crippen molar-refractivity contribution in [1.29, 1.82) is 0 Å². The molecule has 1 aliphatic rings. The Morgan fingerprint density at radius 1 is 1.19 bits per heavy atom. The molecule has 11 heteroatoms. The first-order valence-electron chi connectivity index (χ1n) is 8.04. The van der Waals surface area contributed by atoms with Crippen molar-refractivity contribution in [2.45, 2.75) is 0 Å². The second kappa shape index (κ2) is 6.52. The molecule has 0 radical (unpaired) electrons. The lowest BCUT2D eigenvalue weighted by atomic mass is 10.3. The molecule has 0 amide bonds. The Kier molecular flexibility index (Phi) is 4.05. The SMILES string of the molecule is CN1CCN(C=Nc2ccc3nnc(-c4ccc([N+](=O)[O-])o4)n3n2)CC1. The zero-order valence-corrected chi connectivity index (χ0v) is 14.0. The zero-order chi connectivity index (χ0) is 18.1. The summed E-state index contributed by atoms with van der Waals surface area (Å²) in [5.74, 6) is 0.626. The Bertz CT molecular complexity index is 970. The molecule has 1 aliphatic heterocycles. The van der Waals surface area contributed by atoms with Crippen molar-refractivity contribution in [2.75, 3.05) is 33.2 Å². The number of rotatable bonds is 4. The number of aliphatic imine (C=N–C) groups is 1. The van der Waals surface area contributed by atoms with E-state index in [-0.39, 0.29) is 17.5 Å². The van der Waals surface area contributed by atoms with Gasteiger partial charge in [-0.3, -0.25) is 10.1 Å². The number of nitrogens with zero attached hydrogens (tertiary/aromatic N) is 8. The molecule has 0 atom stereocenters. The first-order chi connectivity index (χ1) is 12.6. The summed E-state index contributed by atoms with van der Waals surface area (Å²) >= 11 is 0. The maximum absolute atomic E-state index is 10.8. The normalized spacial score (nSPS) is 16.0. The summed E-state index contributed by atoms with van der Waals surface area (Å²) in [7, 11) is 2.09. The Morgan fingerprint density at radius 3 is 2.73 bits per heavy atom. The van der Waals surface area contributed by atoms with Gasteiger partial charge in [0, 0.05) is 26.2 Å². The highest BCUT2D eigenvalue weighted by molar-refractivity contribution is 5.61. The number of likely N-dealkylation sites (N-methyl/N-ethyl adjacent to an activating group) is 1. The molecule has 0 saturated carbocycles. The molecule has 3 aromatic rings. The topological polar surface area (TPSA) is 118 Å². The van der Waals surface area contributed by atoms with Gasteiger partial charge in [-0.1, -0.05) is 0 Å². The molecular formula is C15H16N8O3. The molecule has 0 bridgehead atoms. The fourth-order valence-corrected chi connectivity index (χ4v) is 2.63. The van der Waals surface area contributed by atoms with E-state index < -0.39 is 4.92 Å². The highest BCUT2D eigenvalue weighted by atomic mass is 16.6. The van der Waals surface area contributed by atoms with Crippen molar-refractivity contribution in [2.24, 2.45) is 4.99 Å². The predicted molar refractivity (Wildman–Crippen MR) is 92.4 cm³/mol. The van der Waals surface area contributed by atoms with Gasteiger partial charge in [0.2, 0.25) is 5.82 Å². The number of furan rings is 1. The van der Waals surface area contributed by atoms with E-state index in [0.717, 1.165) is 26.2 Å². The average Bonchev–Trinajstić information content (AvgIpc) is 3.27. The van der Waals surface area contributed by atoms with Gasteiger partial charge in [-0.25, -0.2) is 4.99 Å². The van der Waals surface area contributed by atoms with Crippen LogP contribution in [0.15, 0.2) is 33.7 Å². The lowest BCUT2D eigenvalue weighted by Crippen LogP contribution is -2.43. The van der Waals surface area contributed by atoms with Crippen LogP contribution < -0.4 is 0 Å². The smallest absolute Gasteiger partial charge is 0.397 e. The molecular weight excluding hydrogens is 340 g/mol. The zero-order valence-electron chi connectivity index (χ0n) is 14.0. The lowest BCUT2D eigenvalue weighted by molar-refractivity contribution is -0.401. The van der Waals surface area contributed by atoms with Crippen molar-refractivity contribution >= 4 is 23.7 Å². The third kappa shape index (κ3) is 3.11. The minimum atomic E-state index is -0.605. The van der Waals surface area contributed by atoms with Crippen molar-refractivity contribution in [3.05, 3.63) is 34.4 Å². The fourth-order valence-electron chi connectivity index (χ4n) is 2.63. The molecule has 1 fully saturated rings. The van der Waals surface area contributed by atoms with Crippen LogP contribution in [0.25, 0.3) is 17.2 Å². The molecule has 0 aromatic carbocycles. The molecule has 0 N–H and O–H groups in total. The van der Waals surface area contributed by atoms with Crippen LogP contribution in [0, 0.1) is 10.1 Å². The van der Waals surface area contributed by atoms with Gasteiger partial charge in [-0.15, -0.1) is 15.3 Å². The number of fused-ring (bicyclic) bond motifs is 1. The predicted octanol–water partition coefficient (Wildman–Crippen LogP) is 1.20. The van der Waals surface area contributed by atoms with E-state index in [1.54, 1.807) is 18.5 Å². The summed E-state index contributed by atoms with van der Waals surface area (Å²) in [4.78, 5) is 19.0. The fraction of sp³-hybridized carbons (Fsp3) is 0.333. The van der Waals surface area contributed by atoms with Gasteiger partial charge in [0.05, 0.1) is 12.4 Å². The minimum Gasteiger partial charge on any atom is -0.397 e.